The minimum absolute atomic E-state index is 0.00734. The molecule has 0 spiro atoms. The number of ether oxygens (including phenoxy) is 2. The summed E-state index contributed by atoms with van der Waals surface area (Å²) in [5, 5.41) is 0. The largest absolute Gasteiger partial charge is 0.484 e. The monoisotopic (exact) mass is 430 g/mol. The van der Waals surface area contributed by atoms with Gasteiger partial charge in [-0.1, -0.05) is 0 Å². The highest BCUT2D eigenvalue weighted by atomic mass is 19.4. The summed E-state index contributed by atoms with van der Waals surface area (Å²) in [4.78, 5) is 39.6. The molecule has 10 heteroatoms. The van der Waals surface area contributed by atoms with Crippen molar-refractivity contribution in [3.8, 4) is 5.75 Å². The summed E-state index contributed by atoms with van der Waals surface area (Å²) in [5.41, 5.74) is 0.227. The van der Waals surface area contributed by atoms with Gasteiger partial charge in [0.05, 0.1) is 19.1 Å². The molecule has 1 saturated heterocycles. The quantitative estimate of drug-likeness (QED) is 0.622. The Morgan fingerprint density at radius 2 is 1.73 bits per heavy atom. The fourth-order valence-electron chi connectivity index (χ4n) is 3.08. The fourth-order valence-corrected chi connectivity index (χ4v) is 3.08. The Hall–Kier alpha value is -2.78. The highest BCUT2D eigenvalue weighted by Gasteiger charge is 2.30. The number of hydrogen-bond donors (Lipinski definition) is 0. The van der Waals surface area contributed by atoms with Crippen LogP contribution in [0.4, 0.5) is 13.2 Å². The van der Waals surface area contributed by atoms with Gasteiger partial charge in [-0.3, -0.25) is 14.4 Å². The molecule has 0 unspecified atom stereocenters. The molecule has 1 aliphatic heterocycles. The first kappa shape index (κ1) is 23.5. The fraction of sp³-hybridized carbons (Fsp3) is 0.550. The molecule has 2 amide bonds. The van der Waals surface area contributed by atoms with Gasteiger partial charge in [0.15, 0.2) is 6.61 Å². The molecule has 0 aromatic heterocycles. The van der Waals surface area contributed by atoms with E-state index in [2.05, 4.69) is 4.74 Å². The van der Waals surface area contributed by atoms with Gasteiger partial charge in [-0.25, -0.2) is 0 Å². The van der Waals surface area contributed by atoms with E-state index in [4.69, 9.17) is 4.74 Å². The van der Waals surface area contributed by atoms with E-state index in [9.17, 15) is 27.6 Å². The lowest BCUT2D eigenvalue weighted by atomic mass is 9.97. The summed E-state index contributed by atoms with van der Waals surface area (Å²) >= 11 is 0. The van der Waals surface area contributed by atoms with E-state index in [1.165, 1.54) is 36.2 Å². The third-order valence-corrected chi connectivity index (χ3v) is 4.69. The molecule has 0 atom stereocenters. The lowest BCUT2D eigenvalue weighted by Crippen LogP contribution is -2.45. The average molecular weight is 430 g/mol. The van der Waals surface area contributed by atoms with E-state index >= 15 is 0 Å². The Morgan fingerprint density at radius 1 is 1.13 bits per heavy atom. The SMILES string of the molecule is CCOC(=O)C1CCN(C(=O)CN(C)C(=O)c2ccc(OCC(F)(F)F)cc2)CC1. The normalized spacial score (nSPS) is 14.9. The number of alkyl halides is 3. The second-order valence-electron chi connectivity index (χ2n) is 7.00. The number of rotatable bonds is 7. The third kappa shape index (κ3) is 6.93. The molecule has 0 N–H and O–H groups in total. The number of nitrogens with zero attached hydrogens (tertiary/aromatic N) is 2. The Morgan fingerprint density at radius 3 is 2.27 bits per heavy atom. The van der Waals surface area contributed by atoms with E-state index in [1.54, 1.807) is 11.8 Å². The average Bonchev–Trinajstić information content (AvgIpc) is 2.71. The summed E-state index contributed by atoms with van der Waals surface area (Å²) in [6, 6.07) is 5.24. The molecule has 30 heavy (non-hydrogen) atoms. The zero-order valence-corrected chi connectivity index (χ0v) is 16.9. The maximum absolute atomic E-state index is 12.5. The molecular formula is C20H25F3N2O5. The maximum Gasteiger partial charge on any atom is 0.422 e. The number of hydrogen-bond acceptors (Lipinski definition) is 5. The van der Waals surface area contributed by atoms with Gasteiger partial charge in [-0.2, -0.15) is 13.2 Å². The van der Waals surface area contributed by atoms with Crippen LogP contribution in [0.15, 0.2) is 24.3 Å². The van der Waals surface area contributed by atoms with Crippen LogP contribution in [-0.4, -0.2) is 73.7 Å². The Balaban J connectivity index is 1.84. The number of benzene rings is 1. The van der Waals surface area contributed by atoms with Crippen molar-refractivity contribution in [1.29, 1.82) is 0 Å². The molecule has 0 aliphatic carbocycles. The van der Waals surface area contributed by atoms with Gasteiger partial charge in [-0.15, -0.1) is 0 Å². The number of likely N-dealkylation sites (N-methyl/N-ethyl adjacent to an activating group) is 1. The van der Waals surface area contributed by atoms with E-state index in [-0.39, 0.29) is 35.7 Å². The predicted molar refractivity (Wildman–Crippen MR) is 101 cm³/mol. The van der Waals surface area contributed by atoms with Crippen molar-refractivity contribution in [2.45, 2.75) is 25.9 Å². The number of esters is 1. The van der Waals surface area contributed by atoms with E-state index in [0.29, 0.717) is 32.5 Å². The Kier molecular flexibility index (Phi) is 8.08. The molecule has 0 saturated carbocycles. The molecule has 1 aliphatic rings. The van der Waals surface area contributed by atoms with Gasteiger partial charge in [0.25, 0.3) is 5.91 Å². The van der Waals surface area contributed by atoms with E-state index in [0.717, 1.165) is 0 Å². The molecule has 1 aromatic rings. The minimum Gasteiger partial charge on any atom is -0.484 e. The first-order valence-electron chi connectivity index (χ1n) is 9.60. The Labute approximate surface area is 172 Å². The molecule has 1 heterocycles. The molecule has 1 fully saturated rings. The van der Waals surface area contributed by atoms with Crippen LogP contribution in [0.5, 0.6) is 5.75 Å². The standard InChI is InChI=1S/C20H25F3N2O5/c1-3-29-19(28)15-8-10-25(11-9-15)17(26)12-24(2)18(27)14-4-6-16(7-5-14)30-13-20(21,22)23/h4-7,15H,3,8-13H2,1-2H3. The minimum atomic E-state index is -4.44. The Bertz CT molecular complexity index is 744. The lowest BCUT2D eigenvalue weighted by molar-refractivity contribution is -0.153. The predicted octanol–water partition coefficient (Wildman–Crippen LogP) is 2.50. The van der Waals surface area contributed by atoms with E-state index in [1.807, 2.05) is 0 Å². The summed E-state index contributed by atoms with van der Waals surface area (Å²) in [5.74, 6) is -1.15. The zero-order chi connectivity index (χ0) is 22.3. The smallest absolute Gasteiger partial charge is 0.422 e. The van der Waals surface area contributed by atoms with Crippen LogP contribution in [0.3, 0.4) is 0 Å². The van der Waals surface area contributed by atoms with Crippen molar-refractivity contribution < 1.29 is 37.0 Å². The summed E-state index contributed by atoms with van der Waals surface area (Å²) in [6.45, 7) is 1.33. The van der Waals surface area contributed by atoms with Gasteiger partial charge < -0.3 is 19.3 Å². The zero-order valence-electron chi connectivity index (χ0n) is 16.9. The van der Waals surface area contributed by atoms with Crippen LogP contribution < -0.4 is 4.74 Å². The second-order valence-corrected chi connectivity index (χ2v) is 7.00. The third-order valence-electron chi connectivity index (χ3n) is 4.69. The van der Waals surface area contributed by atoms with Gasteiger partial charge in [0, 0.05) is 25.7 Å². The summed E-state index contributed by atoms with van der Waals surface area (Å²) in [6.07, 6.45) is -3.41. The molecule has 166 valence electrons. The highest BCUT2D eigenvalue weighted by molar-refractivity contribution is 5.96. The number of carbonyl (C=O) groups excluding carboxylic acids is 3. The van der Waals surface area contributed by atoms with Crippen LogP contribution >= 0.6 is 0 Å². The highest BCUT2D eigenvalue weighted by Crippen LogP contribution is 2.20. The van der Waals surface area contributed by atoms with Gasteiger partial charge >= 0.3 is 12.1 Å². The molecule has 0 bridgehead atoms. The van der Waals surface area contributed by atoms with Crippen molar-refractivity contribution in [2.24, 2.45) is 5.92 Å². The first-order chi connectivity index (χ1) is 14.1. The molecule has 1 aromatic carbocycles. The molecule has 7 nitrogen and oxygen atoms in total. The number of carbonyl (C=O) groups is 3. The number of halogens is 3. The van der Waals surface area contributed by atoms with Gasteiger partial charge in [0.2, 0.25) is 5.91 Å². The van der Waals surface area contributed by atoms with Crippen LogP contribution in [0.25, 0.3) is 0 Å². The first-order valence-corrected chi connectivity index (χ1v) is 9.60. The second kappa shape index (κ2) is 10.3. The van der Waals surface area contributed by atoms with Crippen LogP contribution in [0.2, 0.25) is 0 Å². The number of amides is 2. The van der Waals surface area contributed by atoms with Crippen LogP contribution in [0.1, 0.15) is 30.1 Å². The summed E-state index contributed by atoms with van der Waals surface area (Å²) < 4.78 is 46.2. The van der Waals surface area contributed by atoms with Crippen molar-refractivity contribution in [2.75, 3.05) is 39.9 Å². The van der Waals surface area contributed by atoms with Crippen LogP contribution in [0, 0.1) is 5.92 Å². The maximum atomic E-state index is 12.5. The van der Waals surface area contributed by atoms with Crippen molar-refractivity contribution in [3.63, 3.8) is 0 Å². The van der Waals surface area contributed by atoms with Crippen molar-refractivity contribution in [1.82, 2.24) is 9.80 Å². The van der Waals surface area contributed by atoms with E-state index < -0.39 is 18.7 Å². The summed E-state index contributed by atoms with van der Waals surface area (Å²) in [7, 11) is 1.47. The van der Waals surface area contributed by atoms with Gasteiger partial charge in [0.1, 0.15) is 5.75 Å². The number of likely N-dealkylation sites (tertiary alicyclic amines) is 1. The molecule has 0 radical (unpaired) electrons. The topological polar surface area (TPSA) is 76.2 Å². The number of piperidine rings is 1. The van der Waals surface area contributed by atoms with Crippen LogP contribution in [-0.2, 0) is 14.3 Å². The van der Waals surface area contributed by atoms with Crippen molar-refractivity contribution in [3.05, 3.63) is 29.8 Å². The molecular weight excluding hydrogens is 405 g/mol. The lowest BCUT2D eigenvalue weighted by Gasteiger charge is -2.32. The molecule has 2 rings (SSSR count). The van der Waals surface area contributed by atoms with Gasteiger partial charge in [-0.05, 0) is 44.0 Å². The van der Waals surface area contributed by atoms with Crippen molar-refractivity contribution >= 4 is 17.8 Å².